The molecule has 0 amide bonds. The predicted molar refractivity (Wildman–Crippen MR) is 136 cm³/mol. The second-order valence-electron chi connectivity index (χ2n) is 10.9. The van der Waals surface area contributed by atoms with Crippen molar-refractivity contribution in [3.05, 3.63) is 71.3 Å². The molecule has 36 heavy (non-hydrogen) atoms. The van der Waals surface area contributed by atoms with E-state index in [2.05, 4.69) is 26.5 Å². The van der Waals surface area contributed by atoms with E-state index in [-0.39, 0.29) is 22.8 Å². The number of esters is 1. The molecular weight excluding hydrogens is 465 g/mol. The fourth-order valence-electron chi connectivity index (χ4n) is 5.97. The highest BCUT2D eigenvalue weighted by molar-refractivity contribution is 5.83. The number of hydrogen-bond donors (Lipinski definition) is 0. The summed E-state index contributed by atoms with van der Waals surface area (Å²) in [6, 6.07) is 7.00. The van der Waals surface area contributed by atoms with Crippen LogP contribution in [0.2, 0.25) is 0 Å². The van der Waals surface area contributed by atoms with E-state index in [4.69, 9.17) is 9.47 Å². The summed E-state index contributed by atoms with van der Waals surface area (Å²) in [5.74, 6) is -1.09. The van der Waals surface area contributed by atoms with Crippen LogP contribution in [0.3, 0.4) is 0 Å². The number of benzene rings is 1. The Labute approximate surface area is 213 Å². The van der Waals surface area contributed by atoms with Crippen molar-refractivity contribution in [3.8, 4) is 0 Å². The molecule has 3 nitrogen and oxygen atoms in total. The highest BCUT2D eigenvalue weighted by Gasteiger charge is 2.64. The largest absolute Gasteiger partial charge is 0.455 e. The fourth-order valence-corrected chi connectivity index (χ4v) is 5.97. The first-order chi connectivity index (χ1) is 16.9. The van der Waals surface area contributed by atoms with Gasteiger partial charge in [-0.15, -0.1) is 0 Å². The molecule has 1 aromatic rings. The highest BCUT2D eigenvalue weighted by atomic mass is 19.4. The Bertz CT molecular complexity index is 1010. The quantitative estimate of drug-likeness (QED) is 0.300. The number of alkyl halides is 3. The minimum absolute atomic E-state index is 0.0536. The first kappa shape index (κ1) is 28.2. The first-order valence-electron chi connectivity index (χ1n) is 12.7. The smallest absolute Gasteiger partial charge is 0.432 e. The minimum atomic E-state index is -5.01. The zero-order valence-electron chi connectivity index (χ0n) is 22.1. The lowest BCUT2D eigenvalue weighted by atomic mass is 9.70. The molecule has 0 saturated heterocycles. The average molecular weight is 505 g/mol. The van der Waals surface area contributed by atoms with Crippen LogP contribution in [-0.2, 0) is 19.9 Å². The molecule has 0 aromatic heterocycles. The van der Waals surface area contributed by atoms with Crippen LogP contribution in [0.15, 0.2) is 65.8 Å². The van der Waals surface area contributed by atoms with Crippen molar-refractivity contribution < 1.29 is 27.4 Å². The van der Waals surface area contributed by atoms with Crippen molar-refractivity contribution in [2.45, 2.75) is 84.1 Å². The molecule has 198 valence electrons. The summed E-state index contributed by atoms with van der Waals surface area (Å²) in [6.07, 6.45) is 3.40. The third-order valence-electron chi connectivity index (χ3n) is 8.36. The number of allylic oxidation sites excluding steroid dienone is 4. The number of ether oxygens (including phenoxy) is 2. The van der Waals surface area contributed by atoms with E-state index in [0.29, 0.717) is 6.42 Å². The van der Waals surface area contributed by atoms with E-state index in [9.17, 15) is 18.0 Å². The Kier molecular flexibility index (Phi) is 8.59. The van der Waals surface area contributed by atoms with Gasteiger partial charge in [0.05, 0.1) is 0 Å². The van der Waals surface area contributed by atoms with E-state index >= 15 is 0 Å². The van der Waals surface area contributed by atoms with Gasteiger partial charge in [0.25, 0.3) is 5.60 Å². The summed E-state index contributed by atoms with van der Waals surface area (Å²) < 4.78 is 54.3. The molecule has 0 heterocycles. The van der Waals surface area contributed by atoms with Crippen LogP contribution >= 0.6 is 0 Å². The Morgan fingerprint density at radius 3 is 2.39 bits per heavy atom. The van der Waals surface area contributed by atoms with Gasteiger partial charge in [0.2, 0.25) is 0 Å². The van der Waals surface area contributed by atoms with Crippen molar-refractivity contribution in [1.82, 2.24) is 0 Å². The molecule has 1 aromatic carbocycles. The Morgan fingerprint density at radius 1 is 1.14 bits per heavy atom. The van der Waals surface area contributed by atoms with Gasteiger partial charge in [0, 0.05) is 12.7 Å². The molecule has 0 unspecified atom stereocenters. The maximum Gasteiger partial charge on any atom is 0.432 e. The van der Waals surface area contributed by atoms with E-state index < -0.39 is 23.9 Å². The van der Waals surface area contributed by atoms with Crippen LogP contribution in [0.1, 0.15) is 71.8 Å². The number of hydrogen-bond acceptors (Lipinski definition) is 3. The summed E-state index contributed by atoms with van der Waals surface area (Å²) in [7, 11) is 0.904. The fraction of sp³-hybridized carbons (Fsp3) is 0.567. The summed E-state index contributed by atoms with van der Waals surface area (Å²) in [5, 5.41) is 0. The van der Waals surface area contributed by atoms with Crippen LogP contribution in [0.25, 0.3) is 0 Å². The van der Waals surface area contributed by atoms with Gasteiger partial charge in [0.15, 0.2) is 0 Å². The second kappa shape index (κ2) is 11.0. The lowest BCUT2D eigenvalue weighted by Crippen LogP contribution is -2.52. The van der Waals surface area contributed by atoms with Gasteiger partial charge in [0.1, 0.15) is 6.10 Å². The molecule has 2 aliphatic carbocycles. The van der Waals surface area contributed by atoms with Crippen molar-refractivity contribution in [2.75, 3.05) is 7.11 Å². The Hall–Kier alpha value is -2.34. The van der Waals surface area contributed by atoms with Gasteiger partial charge in [-0.25, -0.2) is 4.79 Å². The highest BCUT2D eigenvalue weighted by Crippen LogP contribution is 2.54. The van der Waals surface area contributed by atoms with Crippen molar-refractivity contribution >= 4 is 5.97 Å². The lowest BCUT2D eigenvalue weighted by Gasteiger charge is -2.38. The molecule has 2 aliphatic rings. The van der Waals surface area contributed by atoms with Gasteiger partial charge in [-0.2, -0.15) is 13.2 Å². The molecular formula is C30H39F3O3. The number of rotatable bonds is 5. The molecule has 1 saturated carbocycles. The molecule has 6 heteroatoms. The number of fused-ring (bicyclic) bond motifs is 1. The predicted octanol–water partition coefficient (Wildman–Crippen LogP) is 8.08. The summed E-state index contributed by atoms with van der Waals surface area (Å²) in [4.78, 5) is 13.5. The summed E-state index contributed by atoms with van der Waals surface area (Å²) in [5.41, 5.74) is -0.417. The Morgan fingerprint density at radius 2 is 1.81 bits per heavy atom. The minimum Gasteiger partial charge on any atom is -0.455 e. The number of halogens is 3. The van der Waals surface area contributed by atoms with Gasteiger partial charge in [-0.05, 0) is 82.1 Å². The van der Waals surface area contributed by atoms with E-state index in [1.807, 2.05) is 19.9 Å². The average Bonchev–Trinajstić information content (AvgIpc) is 3.13. The van der Waals surface area contributed by atoms with Crippen LogP contribution in [0.4, 0.5) is 13.2 Å². The normalized spacial score (nSPS) is 32.1. The molecule has 1 fully saturated rings. The van der Waals surface area contributed by atoms with Gasteiger partial charge < -0.3 is 9.47 Å². The zero-order chi connectivity index (χ0) is 26.7. The van der Waals surface area contributed by atoms with Crippen molar-refractivity contribution in [3.63, 3.8) is 0 Å². The number of carbonyl (C=O) groups excluding carboxylic acids is 1. The number of methoxy groups -OCH3 is 1. The molecule has 0 bridgehead atoms. The van der Waals surface area contributed by atoms with Crippen molar-refractivity contribution in [1.29, 1.82) is 0 Å². The van der Waals surface area contributed by atoms with Gasteiger partial charge in [-0.3, -0.25) is 0 Å². The van der Waals surface area contributed by atoms with Gasteiger partial charge in [-0.1, -0.05) is 67.1 Å². The maximum atomic E-state index is 14.5. The molecule has 5 atom stereocenters. The van der Waals surface area contributed by atoms with Crippen LogP contribution in [0, 0.1) is 17.3 Å². The molecule has 0 spiro atoms. The zero-order valence-corrected chi connectivity index (χ0v) is 22.1. The standard InChI is InChI=1S/C30H39F3O3/c1-20(2)24-16-18-28(5)17-15-21(3)11-10-12-22(4)26(19-25(24)28)36-27(34)29(35-6,30(31,32)33)23-13-8-7-9-14-23/h7-9,12-15,24-26H,1,10-11,16-19H2,2-6H3/b21-15+,22-12+/t24-,25-,26-,28-,29+/m0/s1. The summed E-state index contributed by atoms with van der Waals surface area (Å²) in [6.45, 7) is 12.4. The summed E-state index contributed by atoms with van der Waals surface area (Å²) >= 11 is 0. The number of carbonyl (C=O) groups is 1. The van der Waals surface area contributed by atoms with E-state index in [0.717, 1.165) is 50.4 Å². The van der Waals surface area contributed by atoms with E-state index in [1.165, 1.54) is 29.8 Å². The first-order valence-corrected chi connectivity index (χ1v) is 12.7. The third-order valence-corrected chi connectivity index (χ3v) is 8.36. The van der Waals surface area contributed by atoms with Crippen molar-refractivity contribution in [2.24, 2.45) is 17.3 Å². The second-order valence-corrected chi connectivity index (χ2v) is 10.9. The monoisotopic (exact) mass is 504 g/mol. The molecule has 3 rings (SSSR count). The SMILES string of the molecule is C=C(C)[C@@H]1CC[C@]2(C)C/C=C(\C)CC/C=C(\C)[C@@H](OC(=O)[C@](OC)(c3ccccc3)C(F)(F)F)C[C@@H]12. The molecule has 0 N–H and O–H groups in total. The molecule has 0 radical (unpaired) electrons. The lowest BCUT2D eigenvalue weighted by molar-refractivity contribution is -0.278. The third kappa shape index (κ3) is 5.49. The Balaban J connectivity index is 2.04. The molecule has 0 aliphatic heterocycles. The maximum absolute atomic E-state index is 14.5. The van der Waals surface area contributed by atoms with Crippen LogP contribution in [-0.4, -0.2) is 25.4 Å². The topological polar surface area (TPSA) is 35.5 Å². The van der Waals surface area contributed by atoms with Crippen LogP contribution in [0.5, 0.6) is 0 Å². The van der Waals surface area contributed by atoms with Gasteiger partial charge >= 0.3 is 12.1 Å². The van der Waals surface area contributed by atoms with Crippen LogP contribution < -0.4 is 0 Å². The van der Waals surface area contributed by atoms with E-state index in [1.54, 1.807) is 6.07 Å².